The number of hydrogen-bond donors (Lipinski definition) is 1. The van der Waals surface area contributed by atoms with Crippen LogP contribution in [0.25, 0.3) is 0 Å². The minimum atomic E-state index is -0.0661. The molecule has 4 nitrogen and oxygen atoms in total. The second-order valence-electron chi connectivity index (χ2n) is 4.60. The van der Waals surface area contributed by atoms with E-state index in [4.69, 9.17) is 4.74 Å². The first kappa shape index (κ1) is 14.3. The van der Waals surface area contributed by atoms with E-state index in [1.165, 1.54) is 0 Å². The topological polar surface area (TPSA) is 41.6 Å². The summed E-state index contributed by atoms with van der Waals surface area (Å²) in [6.45, 7) is 3.70. The fraction of sp³-hybridized carbons (Fsp3) is 0.500. The number of methoxy groups -OCH3 is 1. The molecular formula is C14H19BrN2O2. The fourth-order valence-electron chi connectivity index (χ4n) is 2.30. The van der Waals surface area contributed by atoms with Crippen molar-refractivity contribution in [2.75, 3.05) is 25.1 Å². The molecule has 1 saturated heterocycles. The summed E-state index contributed by atoms with van der Waals surface area (Å²) in [7, 11) is 1.63. The van der Waals surface area contributed by atoms with E-state index in [0.717, 1.165) is 41.8 Å². The molecule has 0 radical (unpaired) electrons. The lowest BCUT2D eigenvalue weighted by Crippen LogP contribution is -2.38. The van der Waals surface area contributed by atoms with Gasteiger partial charge in [0.05, 0.1) is 18.8 Å². The molecule has 1 aromatic rings. The van der Waals surface area contributed by atoms with E-state index in [2.05, 4.69) is 28.2 Å². The zero-order chi connectivity index (χ0) is 13.8. The van der Waals surface area contributed by atoms with Gasteiger partial charge < -0.3 is 15.0 Å². The van der Waals surface area contributed by atoms with Crippen molar-refractivity contribution >= 4 is 27.5 Å². The van der Waals surface area contributed by atoms with Crippen LogP contribution in [0.4, 0.5) is 5.69 Å². The first-order valence-corrected chi connectivity index (χ1v) is 7.35. The summed E-state index contributed by atoms with van der Waals surface area (Å²) in [4.78, 5) is 14.2. The van der Waals surface area contributed by atoms with Gasteiger partial charge >= 0.3 is 0 Å². The van der Waals surface area contributed by atoms with Gasteiger partial charge in [0, 0.05) is 11.0 Å². The average molecular weight is 327 g/mol. The highest BCUT2D eigenvalue weighted by atomic mass is 79.9. The molecule has 1 heterocycles. The molecule has 1 atom stereocenters. The number of carbonyl (C=O) groups excluding carboxylic acids is 1. The van der Waals surface area contributed by atoms with E-state index in [1.807, 2.05) is 18.2 Å². The third-order valence-electron chi connectivity index (χ3n) is 3.28. The minimum absolute atomic E-state index is 0.0661. The van der Waals surface area contributed by atoms with Gasteiger partial charge in [-0.25, -0.2) is 0 Å². The first-order chi connectivity index (χ1) is 9.17. The van der Waals surface area contributed by atoms with Crippen LogP contribution in [0.3, 0.4) is 0 Å². The number of halogens is 1. The van der Waals surface area contributed by atoms with Gasteiger partial charge in [0.2, 0.25) is 5.91 Å². The molecule has 1 aromatic carbocycles. The molecule has 1 N–H and O–H groups in total. The maximum absolute atomic E-state index is 12.4. The second-order valence-corrected chi connectivity index (χ2v) is 5.52. The van der Waals surface area contributed by atoms with E-state index in [0.29, 0.717) is 0 Å². The highest BCUT2D eigenvalue weighted by molar-refractivity contribution is 9.10. The molecular weight excluding hydrogens is 308 g/mol. The minimum Gasteiger partial charge on any atom is -0.495 e. The van der Waals surface area contributed by atoms with Crippen molar-refractivity contribution in [3.05, 3.63) is 22.7 Å². The Morgan fingerprint density at radius 3 is 3.00 bits per heavy atom. The third kappa shape index (κ3) is 3.09. The lowest BCUT2D eigenvalue weighted by molar-refractivity contribution is -0.118. The van der Waals surface area contributed by atoms with Crippen LogP contribution in [0.2, 0.25) is 0 Å². The van der Waals surface area contributed by atoms with Gasteiger partial charge in [-0.1, -0.05) is 22.9 Å². The summed E-state index contributed by atoms with van der Waals surface area (Å²) in [5.74, 6) is 0.859. The standard InChI is InChI=1S/C14H19BrN2O2/c1-3-7-16-11-6-8-17(14(11)18)12-9-10(15)4-5-13(12)19-2/h4-5,9,11,16H,3,6-8H2,1-2H3. The molecule has 0 saturated carbocycles. The quantitative estimate of drug-likeness (QED) is 0.904. The van der Waals surface area contributed by atoms with Gasteiger partial charge in [0.1, 0.15) is 5.75 Å². The third-order valence-corrected chi connectivity index (χ3v) is 3.77. The lowest BCUT2D eigenvalue weighted by Gasteiger charge is -2.20. The SMILES string of the molecule is CCCNC1CCN(c2cc(Br)ccc2OC)C1=O. The highest BCUT2D eigenvalue weighted by Gasteiger charge is 2.33. The summed E-state index contributed by atoms with van der Waals surface area (Å²) in [6.07, 6.45) is 1.87. The van der Waals surface area contributed by atoms with E-state index in [1.54, 1.807) is 12.0 Å². The molecule has 0 aliphatic carbocycles. The smallest absolute Gasteiger partial charge is 0.244 e. The molecule has 19 heavy (non-hydrogen) atoms. The van der Waals surface area contributed by atoms with Crippen molar-refractivity contribution in [2.24, 2.45) is 0 Å². The number of ether oxygens (including phenoxy) is 1. The van der Waals surface area contributed by atoms with Gasteiger partial charge in [0.25, 0.3) is 0 Å². The Morgan fingerprint density at radius 1 is 1.53 bits per heavy atom. The lowest BCUT2D eigenvalue weighted by atomic mass is 10.2. The van der Waals surface area contributed by atoms with Crippen LogP contribution in [0, 0.1) is 0 Å². The summed E-state index contributed by atoms with van der Waals surface area (Å²) in [5.41, 5.74) is 0.836. The van der Waals surface area contributed by atoms with Crippen LogP contribution in [0.15, 0.2) is 22.7 Å². The second kappa shape index (κ2) is 6.39. The summed E-state index contributed by atoms with van der Waals surface area (Å²) >= 11 is 3.44. The molecule has 104 valence electrons. The number of rotatable bonds is 5. The van der Waals surface area contributed by atoms with Crippen molar-refractivity contribution in [1.29, 1.82) is 0 Å². The average Bonchev–Trinajstić information content (AvgIpc) is 2.77. The van der Waals surface area contributed by atoms with E-state index in [9.17, 15) is 4.79 Å². The van der Waals surface area contributed by atoms with Crippen LogP contribution in [0.1, 0.15) is 19.8 Å². The summed E-state index contributed by atoms with van der Waals surface area (Å²) in [5, 5.41) is 3.29. The largest absolute Gasteiger partial charge is 0.495 e. The molecule has 1 aliphatic rings. The molecule has 0 bridgehead atoms. The maximum Gasteiger partial charge on any atom is 0.244 e. The van der Waals surface area contributed by atoms with Gasteiger partial charge in [-0.3, -0.25) is 4.79 Å². The molecule has 0 aromatic heterocycles. The van der Waals surface area contributed by atoms with Crippen LogP contribution in [-0.4, -0.2) is 32.1 Å². The predicted molar refractivity (Wildman–Crippen MR) is 79.7 cm³/mol. The zero-order valence-corrected chi connectivity index (χ0v) is 12.9. The Bertz CT molecular complexity index is 465. The normalized spacial score (nSPS) is 19.0. The van der Waals surface area contributed by atoms with Crippen LogP contribution < -0.4 is 15.0 Å². The molecule has 1 unspecified atom stereocenters. The highest BCUT2D eigenvalue weighted by Crippen LogP contribution is 2.33. The first-order valence-electron chi connectivity index (χ1n) is 6.55. The van der Waals surface area contributed by atoms with Gasteiger partial charge in [0.15, 0.2) is 0 Å². The molecule has 1 fully saturated rings. The van der Waals surface area contributed by atoms with Gasteiger partial charge in [-0.15, -0.1) is 0 Å². The Hall–Kier alpha value is -1.07. The van der Waals surface area contributed by atoms with Crippen LogP contribution >= 0.6 is 15.9 Å². The van der Waals surface area contributed by atoms with Gasteiger partial charge in [-0.2, -0.15) is 0 Å². The van der Waals surface area contributed by atoms with E-state index in [-0.39, 0.29) is 11.9 Å². The van der Waals surface area contributed by atoms with Gasteiger partial charge in [-0.05, 0) is 37.6 Å². The Balaban J connectivity index is 2.19. The van der Waals surface area contributed by atoms with Crippen LogP contribution in [0.5, 0.6) is 5.75 Å². The summed E-state index contributed by atoms with van der Waals surface area (Å²) < 4.78 is 6.29. The molecule has 1 amide bonds. The van der Waals surface area contributed by atoms with Crippen LogP contribution in [-0.2, 0) is 4.79 Å². The fourth-order valence-corrected chi connectivity index (χ4v) is 2.65. The van der Waals surface area contributed by atoms with Crippen molar-refractivity contribution in [3.63, 3.8) is 0 Å². The molecule has 2 rings (SSSR count). The Kier molecular flexibility index (Phi) is 4.82. The van der Waals surface area contributed by atoms with Crippen molar-refractivity contribution < 1.29 is 9.53 Å². The summed E-state index contributed by atoms with van der Waals surface area (Å²) in [6, 6.07) is 5.65. The monoisotopic (exact) mass is 326 g/mol. The number of hydrogen-bond acceptors (Lipinski definition) is 3. The molecule has 0 spiro atoms. The maximum atomic E-state index is 12.4. The van der Waals surface area contributed by atoms with E-state index < -0.39 is 0 Å². The number of anilines is 1. The zero-order valence-electron chi connectivity index (χ0n) is 11.3. The number of benzene rings is 1. The van der Waals surface area contributed by atoms with Crippen molar-refractivity contribution in [2.45, 2.75) is 25.8 Å². The molecule has 5 heteroatoms. The number of nitrogens with one attached hydrogen (secondary N) is 1. The Labute approximate surface area is 122 Å². The van der Waals surface area contributed by atoms with Crippen molar-refractivity contribution in [3.8, 4) is 5.75 Å². The van der Waals surface area contributed by atoms with E-state index >= 15 is 0 Å². The van der Waals surface area contributed by atoms with Crippen molar-refractivity contribution in [1.82, 2.24) is 5.32 Å². The number of amides is 1. The Morgan fingerprint density at radius 2 is 2.32 bits per heavy atom. The number of carbonyl (C=O) groups is 1. The molecule has 1 aliphatic heterocycles. The predicted octanol–water partition coefficient (Wildman–Crippen LogP) is 2.56. The number of nitrogens with zero attached hydrogens (tertiary/aromatic N) is 1.